The summed E-state index contributed by atoms with van der Waals surface area (Å²) in [5.74, 6) is 1.93. The van der Waals surface area contributed by atoms with Crippen molar-refractivity contribution < 1.29 is 12.9 Å². The topological polar surface area (TPSA) is 152 Å². The van der Waals surface area contributed by atoms with Crippen LogP contribution >= 0.6 is 0 Å². The number of nitrogens with one attached hydrogen (secondary N) is 2. The predicted molar refractivity (Wildman–Crippen MR) is 147 cm³/mol. The minimum Gasteiger partial charge on any atom is -0.365 e. The molecule has 3 fully saturated rings. The van der Waals surface area contributed by atoms with Gasteiger partial charge in [-0.05, 0) is 50.4 Å². The van der Waals surface area contributed by atoms with Gasteiger partial charge >= 0.3 is 5.76 Å². The van der Waals surface area contributed by atoms with Gasteiger partial charge in [0, 0.05) is 24.7 Å². The van der Waals surface area contributed by atoms with E-state index in [1.165, 1.54) is 6.42 Å². The number of sulfone groups is 1. The highest BCUT2D eigenvalue weighted by molar-refractivity contribution is 7.91. The minimum atomic E-state index is -3.18. The van der Waals surface area contributed by atoms with Gasteiger partial charge in [-0.2, -0.15) is 4.98 Å². The number of fused-ring (bicyclic) bond motifs is 1. The fraction of sp³-hybridized carbons (Fsp3) is 0.654. The second kappa shape index (κ2) is 9.97. The fourth-order valence-corrected chi connectivity index (χ4v) is 8.01. The molecule has 0 radical (unpaired) electrons. The Bertz CT molecular complexity index is 1580. The predicted octanol–water partition coefficient (Wildman–Crippen LogP) is 2.64. The van der Waals surface area contributed by atoms with Gasteiger partial charge in [-0.15, -0.1) is 0 Å². The molecule has 2 aliphatic carbocycles. The van der Waals surface area contributed by atoms with Crippen molar-refractivity contribution in [1.82, 2.24) is 29.7 Å². The number of hydrogen-bond donors (Lipinski definition) is 2. The lowest BCUT2D eigenvalue weighted by molar-refractivity contribution is 0.246. The standard InChI is InChI=1S/C26H34N8O4S/c1-4-33-20-21(27-16(3)17-8-6-9-17)28-23(24-31-26(35)38-32-24)29-22(20)30-25(33)34-11-12-39(36,37)14-19(34)18-10-5-7-15(2)13-18/h1,15-19H,5-14H2,2-3H3,(H,27,28,29)(H,31,32,35). The Morgan fingerprint density at radius 2 is 1.97 bits per heavy atom. The van der Waals surface area contributed by atoms with Gasteiger partial charge in [0.05, 0.1) is 11.5 Å². The number of rotatable bonds is 6. The van der Waals surface area contributed by atoms with E-state index in [1.54, 1.807) is 4.57 Å². The smallest absolute Gasteiger partial charge is 0.365 e. The summed E-state index contributed by atoms with van der Waals surface area (Å²) >= 11 is 0. The van der Waals surface area contributed by atoms with Gasteiger partial charge in [0.15, 0.2) is 21.3 Å². The van der Waals surface area contributed by atoms with Crippen molar-refractivity contribution in [3.05, 3.63) is 10.6 Å². The van der Waals surface area contributed by atoms with E-state index in [-0.39, 0.29) is 41.2 Å². The summed E-state index contributed by atoms with van der Waals surface area (Å²) in [5.41, 5.74) is 0.877. The molecule has 12 nitrogen and oxygen atoms in total. The van der Waals surface area contributed by atoms with E-state index >= 15 is 0 Å². The van der Waals surface area contributed by atoms with Crippen LogP contribution in [0, 0.1) is 30.2 Å². The Balaban J connectivity index is 1.47. The molecule has 4 heterocycles. The average Bonchev–Trinajstić information content (AvgIpc) is 3.45. The Hall–Kier alpha value is -3.40. The maximum absolute atomic E-state index is 12.8. The molecule has 208 valence electrons. The van der Waals surface area contributed by atoms with Crippen LogP contribution in [0.25, 0.3) is 22.8 Å². The number of terminal acetylenes is 1. The third-order valence-electron chi connectivity index (χ3n) is 8.74. The Morgan fingerprint density at radius 3 is 2.64 bits per heavy atom. The zero-order valence-electron chi connectivity index (χ0n) is 22.3. The van der Waals surface area contributed by atoms with E-state index in [4.69, 9.17) is 11.4 Å². The van der Waals surface area contributed by atoms with E-state index in [0.29, 0.717) is 41.3 Å². The lowest BCUT2D eigenvalue weighted by atomic mass is 9.78. The van der Waals surface area contributed by atoms with Gasteiger partial charge in [-0.25, -0.2) is 27.7 Å². The van der Waals surface area contributed by atoms with Crippen molar-refractivity contribution in [2.75, 3.05) is 28.3 Å². The molecule has 39 heavy (non-hydrogen) atoms. The van der Waals surface area contributed by atoms with Crippen molar-refractivity contribution in [3.63, 3.8) is 0 Å². The van der Waals surface area contributed by atoms with E-state index in [1.807, 2.05) is 0 Å². The Morgan fingerprint density at radius 1 is 1.18 bits per heavy atom. The van der Waals surface area contributed by atoms with Crippen molar-refractivity contribution in [2.24, 2.45) is 17.8 Å². The number of imidazole rings is 1. The Kier molecular flexibility index (Phi) is 6.61. The highest BCUT2D eigenvalue weighted by atomic mass is 32.2. The van der Waals surface area contributed by atoms with Gasteiger partial charge in [0.1, 0.15) is 5.52 Å². The van der Waals surface area contributed by atoms with Crippen molar-refractivity contribution in [3.8, 4) is 24.1 Å². The summed E-state index contributed by atoms with van der Waals surface area (Å²) in [4.78, 5) is 30.4. The summed E-state index contributed by atoms with van der Waals surface area (Å²) in [6, 6.07) is 2.66. The molecule has 0 aromatic carbocycles. The molecule has 2 N–H and O–H groups in total. The number of nitrogens with zero attached hydrogens (tertiary/aromatic N) is 6. The van der Waals surface area contributed by atoms with Crippen LogP contribution in [0.3, 0.4) is 0 Å². The molecule has 0 spiro atoms. The quantitative estimate of drug-likeness (QED) is 0.435. The van der Waals surface area contributed by atoms with Gasteiger partial charge in [0.25, 0.3) is 0 Å². The molecule has 1 aliphatic heterocycles. The molecule has 1 saturated heterocycles. The van der Waals surface area contributed by atoms with Crippen molar-refractivity contribution in [1.29, 1.82) is 0 Å². The summed E-state index contributed by atoms with van der Waals surface area (Å²) in [6.07, 6.45) is 13.8. The second-order valence-electron chi connectivity index (χ2n) is 11.4. The van der Waals surface area contributed by atoms with E-state index < -0.39 is 15.6 Å². The summed E-state index contributed by atoms with van der Waals surface area (Å²) < 4.78 is 31.9. The first-order chi connectivity index (χ1) is 18.7. The summed E-state index contributed by atoms with van der Waals surface area (Å²) in [6.45, 7) is 4.65. The first kappa shape index (κ1) is 25.9. The number of aromatic amines is 1. The highest BCUT2D eigenvalue weighted by Crippen LogP contribution is 2.38. The van der Waals surface area contributed by atoms with E-state index in [0.717, 1.165) is 38.5 Å². The van der Waals surface area contributed by atoms with Crippen molar-refractivity contribution >= 4 is 32.8 Å². The number of anilines is 2. The van der Waals surface area contributed by atoms with Gasteiger partial charge in [0.2, 0.25) is 17.6 Å². The summed E-state index contributed by atoms with van der Waals surface area (Å²) in [5, 5.41) is 7.28. The van der Waals surface area contributed by atoms with Crippen LogP contribution in [0.4, 0.5) is 11.8 Å². The van der Waals surface area contributed by atoms with Crippen LogP contribution in [0.5, 0.6) is 0 Å². The molecule has 3 aromatic rings. The molecular formula is C26H34N8O4S. The highest BCUT2D eigenvalue weighted by Gasteiger charge is 2.40. The zero-order chi connectivity index (χ0) is 27.3. The molecule has 0 amide bonds. The molecule has 13 heteroatoms. The first-order valence-corrected chi connectivity index (χ1v) is 15.6. The molecule has 3 aliphatic rings. The number of H-pyrrole nitrogens is 1. The maximum Gasteiger partial charge on any atom is 0.439 e. The van der Waals surface area contributed by atoms with Crippen LogP contribution in [-0.2, 0) is 9.84 Å². The van der Waals surface area contributed by atoms with Crippen LogP contribution in [0.1, 0.15) is 58.8 Å². The SMILES string of the molecule is C#Cn1c(N2CCS(=O)(=O)CC2C2CCCC(C)C2)nc2nc(-c3noc(=O)[nH]3)nc(NC(C)C3CCC3)c21. The van der Waals surface area contributed by atoms with Gasteiger partial charge < -0.3 is 10.2 Å². The third-order valence-corrected chi connectivity index (χ3v) is 10.4. The largest absolute Gasteiger partial charge is 0.439 e. The molecule has 4 unspecified atom stereocenters. The van der Waals surface area contributed by atoms with Crippen molar-refractivity contribution in [2.45, 2.75) is 70.9 Å². The molecule has 2 saturated carbocycles. The maximum atomic E-state index is 12.8. The Labute approximate surface area is 226 Å². The molecule has 4 atom stereocenters. The average molecular weight is 555 g/mol. The monoisotopic (exact) mass is 554 g/mol. The fourth-order valence-electron chi connectivity index (χ4n) is 6.40. The zero-order valence-corrected chi connectivity index (χ0v) is 23.1. The lowest BCUT2D eigenvalue weighted by Gasteiger charge is -2.42. The van der Waals surface area contributed by atoms with Crippen LogP contribution < -0.4 is 16.0 Å². The van der Waals surface area contributed by atoms with Gasteiger partial charge in [-0.1, -0.05) is 37.8 Å². The van der Waals surface area contributed by atoms with Gasteiger partial charge in [-0.3, -0.25) is 9.51 Å². The second-order valence-corrected chi connectivity index (χ2v) is 13.6. The molecular weight excluding hydrogens is 520 g/mol. The number of hydrogen-bond acceptors (Lipinski definition) is 10. The number of aromatic nitrogens is 6. The van der Waals surface area contributed by atoms with Crippen LogP contribution in [-0.4, -0.2) is 68.2 Å². The van der Waals surface area contributed by atoms with Crippen LogP contribution in [0.2, 0.25) is 0 Å². The minimum absolute atomic E-state index is 0.0421. The molecule has 3 aromatic heterocycles. The first-order valence-electron chi connectivity index (χ1n) is 13.8. The lowest BCUT2D eigenvalue weighted by Crippen LogP contribution is -2.53. The molecule has 0 bridgehead atoms. The van der Waals surface area contributed by atoms with E-state index in [2.05, 4.69) is 54.7 Å². The van der Waals surface area contributed by atoms with Crippen LogP contribution in [0.15, 0.2) is 9.32 Å². The third kappa shape index (κ3) is 4.90. The summed E-state index contributed by atoms with van der Waals surface area (Å²) in [7, 11) is -3.18. The molecule has 6 rings (SSSR count). The normalized spacial score (nSPS) is 26.2. The van der Waals surface area contributed by atoms with E-state index in [9.17, 15) is 13.2 Å².